The van der Waals surface area contributed by atoms with Gasteiger partial charge < -0.3 is 5.32 Å². The van der Waals surface area contributed by atoms with Crippen LogP contribution in [0.25, 0.3) is 16.7 Å². The Morgan fingerprint density at radius 1 is 0.957 bits per heavy atom. The van der Waals surface area contributed by atoms with Crippen molar-refractivity contribution in [1.29, 1.82) is 0 Å². The van der Waals surface area contributed by atoms with Gasteiger partial charge in [-0.3, -0.25) is 4.98 Å². The number of nitrogens with one attached hydrogen (secondary N) is 1. The van der Waals surface area contributed by atoms with Crippen molar-refractivity contribution < 1.29 is 0 Å². The van der Waals surface area contributed by atoms with E-state index in [1.807, 2.05) is 42.6 Å². The number of anilines is 2. The molecule has 0 aliphatic rings. The zero-order valence-electron chi connectivity index (χ0n) is 12.6. The van der Waals surface area contributed by atoms with Crippen molar-refractivity contribution in [1.82, 2.24) is 19.7 Å². The highest BCUT2D eigenvalue weighted by molar-refractivity contribution is 5.78. The average molecular weight is 301 g/mol. The normalized spacial score (nSPS) is 10.8. The van der Waals surface area contributed by atoms with E-state index in [1.54, 1.807) is 17.1 Å². The van der Waals surface area contributed by atoms with Gasteiger partial charge in [0.05, 0.1) is 17.9 Å². The Morgan fingerprint density at radius 3 is 2.61 bits per heavy atom. The first kappa shape index (κ1) is 13.5. The number of hydrogen-bond donors (Lipinski definition) is 1. The Balaban J connectivity index is 1.66. The molecule has 5 nitrogen and oxygen atoms in total. The van der Waals surface area contributed by atoms with E-state index in [4.69, 9.17) is 0 Å². The maximum absolute atomic E-state index is 4.58. The second kappa shape index (κ2) is 5.53. The molecular formula is C18H15N5. The van der Waals surface area contributed by atoms with Gasteiger partial charge in [-0.15, -0.1) is 0 Å². The highest BCUT2D eigenvalue weighted by Crippen LogP contribution is 2.17. The molecule has 0 radical (unpaired) electrons. The molecule has 0 fully saturated rings. The van der Waals surface area contributed by atoms with E-state index in [2.05, 4.69) is 39.4 Å². The Bertz CT molecular complexity index is 923. The van der Waals surface area contributed by atoms with Crippen LogP contribution in [0.2, 0.25) is 0 Å². The van der Waals surface area contributed by atoms with E-state index in [-0.39, 0.29) is 0 Å². The van der Waals surface area contributed by atoms with Gasteiger partial charge in [0, 0.05) is 17.3 Å². The minimum Gasteiger partial charge on any atom is -0.339 e. The summed E-state index contributed by atoms with van der Waals surface area (Å²) in [5, 5.41) is 8.86. The molecule has 4 rings (SSSR count). The summed E-state index contributed by atoms with van der Waals surface area (Å²) < 4.78 is 1.75. The number of aromatic nitrogens is 4. The highest BCUT2D eigenvalue weighted by Gasteiger charge is 2.05. The van der Waals surface area contributed by atoms with Crippen LogP contribution in [-0.2, 0) is 0 Å². The zero-order chi connectivity index (χ0) is 15.6. The van der Waals surface area contributed by atoms with Crippen LogP contribution < -0.4 is 5.32 Å². The first-order valence-electron chi connectivity index (χ1n) is 7.38. The molecule has 0 amide bonds. The van der Waals surface area contributed by atoms with Gasteiger partial charge in [-0.05, 0) is 25.1 Å². The third-order valence-electron chi connectivity index (χ3n) is 3.59. The summed E-state index contributed by atoms with van der Waals surface area (Å²) in [6.45, 7) is 2.06. The van der Waals surface area contributed by atoms with Crippen LogP contribution in [0.4, 0.5) is 11.5 Å². The Morgan fingerprint density at radius 2 is 1.78 bits per heavy atom. The van der Waals surface area contributed by atoms with Crippen LogP contribution >= 0.6 is 0 Å². The molecule has 0 bridgehead atoms. The molecule has 5 heteroatoms. The Hall–Kier alpha value is -3.21. The van der Waals surface area contributed by atoms with Crippen LogP contribution in [0.5, 0.6) is 0 Å². The monoisotopic (exact) mass is 301 g/mol. The van der Waals surface area contributed by atoms with Gasteiger partial charge in [0.1, 0.15) is 0 Å². The Kier molecular flexibility index (Phi) is 3.24. The van der Waals surface area contributed by atoms with E-state index in [0.29, 0.717) is 11.6 Å². The van der Waals surface area contributed by atoms with Crippen molar-refractivity contribution in [3.8, 4) is 5.82 Å². The van der Waals surface area contributed by atoms with Gasteiger partial charge in [0.2, 0.25) is 0 Å². The number of fused-ring (bicyclic) bond motifs is 1. The minimum absolute atomic E-state index is 0.679. The van der Waals surface area contributed by atoms with Gasteiger partial charge in [-0.1, -0.05) is 35.9 Å². The predicted molar refractivity (Wildman–Crippen MR) is 91.1 cm³/mol. The molecule has 112 valence electrons. The maximum Gasteiger partial charge on any atom is 0.174 e. The van der Waals surface area contributed by atoms with Gasteiger partial charge in [0.25, 0.3) is 0 Å². The first-order chi connectivity index (χ1) is 11.3. The summed E-state index contributed by atoms with van der Waals surface area (Å²) in [5.74, 6) is 1.37. The minimum atomic E-state index is 0.679. The topological polar surface area (TPSA) is 55.6 Å². The fourth-order valence-corrected chi connectivity index (χ4v) is 2.39. The molecule has 2 aromatic heterocycles. The zero-order valence-corrected chi connectivity index (χ0v) is 12.6. The predicted octanol–water partition coefficient (Wildman–Crippen LogP) is 3.87. The SMILES string of the molecule is Cc1ccc(Nc2cncc(-n3cc4ccccc4n3)n2)cc1. The van der Waals surface area contributed by atoms with E-state index in [1.165, 1.54) is 5.56 Å². The highest BCUT2D eigenvalue weighted by atomic mass is 15.3. The summed E-state index contributed by atoms with van der Waals surface area (Å²) in [6.07, 6.45) is 5.35. The first-order valence-corrected chi connectivity index (χ1v) is 7.38. The molecule has 0 aliphatic heterocycles. The summed E-state index contributed by atoms with van der Waals surface area (Å²) in [5.41, 5.74) is 3.14. The second-order valence-corrected chi connectivity index (χ2v) is 5.39. The van der Waals surface area contributed by atoms with Crippen LogP contribution in [0.3, 0.4) is 0 Å². The molecule has 2 aromatic carbocycles. The lowest BCUT2D eigenvalue weighted by Gasteiger charge is -2.07. The van der Waals surface area contributed by atoms with Crippen LogP contribution in [0.1, 0.15) is 5.56 Å². The Labute approximate surface area is 133 Å². The van der Waals surface area contributed by atoms with E-state index in [9.17, 15) is 0 Å². The molecule has 2 heterocycles. The second-order valence-electron chi connectivity index (χ2n) is 5.39. The van der Waals surface area contributed by atoms with E-state index < -0.39 is 0 Å². The van der Waals surface area contributed by atoms with Crippen LogP contribution in [0.15, 0.2) is 67.1 Å². The average Bonchev–Trinajstić information content (AvgIpc) is 3.01. The van der Waals surface area contributed by atoms with Crippen molar-refractivity contribution in [2.75, 3.05) is 5.32 Å². The number of benzene rings is 2. The maximum atomic E-state index is 4.58. The van der Waals surface area contributed by atoms with Gasteiger partial charge >= 0.3 is 0 Å². The third-order valence-corrected chi connectivity index (χ3v) is 3.59. The molecule has 0 saturated heterocycles. The molecule has 0 spiro atoms. The molecular weight excluding hydrogens is 286 g/mol. The van der Waals surface area contributed by atoms with Crippen molar-refractivity contribution >= 4 is 22.4 Å². The summed E-state index contributed by atoms with van der Waals surface area (Å²) >= 11 is 0. The number of hydrogen-bond acceptors (Lipinski definition) is 4. The molecule has 0 aliphatic carbocycles. The summed E-state index contributed by atoms with van der Waals surface area (Å²) in [4.78, 5) is 8.84. The smallest absolute Gasteiger partial charge is 0.174 e. The molecule has 23 heavy (non-hydrogen) atoms. The number of aryl methyl sites for hydroxylation is 1. The van der Waals surface area contributed by atoms with Crippen molar-refractivity contribution in [2.24, 2.45) is 0 Å². The fourth-order valence-electron chi connectivity index (χ4n) is 2.39. The van der Waals surface area contributed by atoms with Crippen molar-refractivity contribution in [2.45, 2.75) is 6.92 Å². The van der Waals surface area contributed by atoms with Crippen molar-refractivity contribution in [3.63, 3.8) is 0 Å². The lowest BCUT2D eigenvalue weighted by Crippen LogP contribution is -2.02. The fraction of sp³-hybridized carbons (Fsp3) is 0.0556. The molecule has 0 saturated carbocycles. The van der Waals surface area contributed by atoms with E-state index in [0.717, 1.165) is 16.6 Å². The molecule has 0 unspecified atom stereocenters. The lowest BCUT2D eigenvalue weighted by atomic mass is 10.2. The quantitative estimate of drug-likeness (QED) is 0.624. The lowest BCUT2D eigenvalue weighted by molar-refractivity contribution is 0.852. The molecule has 1 N–H and O–H groups in total. The van der Waals surface area contributed by atoms with Gasteiger partial charge in [-0.25, -0.2) is 9.67 Å². The number of nitrogens with zero attached hydrogens (tertiary/aromatic N) is 4. The molecule has 4 aromatic rings. The largest absolute Gasteiger partial charge is 0.339 e. The van der Waals surface area contributed by atoms with Crippen LogP contribution in [0, 0.1) is 6.92 Å². The van der Waals surface area contributed by atoms with Crippen molar-refractivity contribution in [3.05, 3.63) is 72.7 Å². The van der Waals surface area contributed by atoms with Gasteiger partial charge in [-0.2, -0.15) is 5.10 Å². The summed E-state index contributed by atoms with van der Waals surface area (Å²) in [7, 11) is 0. The molecule has 0 atom stereocenters. The number of rotatable bonds is 3. The van der Waals surface area contributed by atoms with Gasteiger partial charge in [0.15, 0.2) is 11.6 Å². The summed E-state index contributed by atoms with van der Waals surface area (Å²) in [6, 6.07) is 16.1. The van der Waals surface area contributed by atoms with E-state index >= 15 is 0 Å². The standard InChI is InChI=1S/C18H15N5/c1-13-6-8-15(9-7-13)20-17-10-19-11-18(21-17)23-12-14-4-2-3-5-16(14)22-23/h2-12H,1H3,(H,20,21). The van der Waals surface area contributed by atoms with Crippen LogP contribution in [-0.4, -0.2) is 19.7 Å². The third kappa shape index (κ3) is 2.76.